The Morgan fingerprint density at radius 3 is 2.37 bits per heavy atom. The number of anilines is 1. The minimum atomic E-state index is -3.28. The van der Waals surface area contributed by atoms with Gasteiger partial charge in [-0.05, 0) is 48.5 Å². The van der Waals surface area contributed by atoms with E-state index in [1.165, 1.54) is 30.3 Å². The van der Waals surface area contributed by atoms with Crippen molar-refractivity contribution in [2.24, 2.45) is 0 Å². The predicted molar refractivity (Wildman–Crippen MR) is 101 cm³/mol. The number of hydrogen-bond acceptors (Lipinski definition) is 6. The van der Waals surface area contributed by atoms with Gasteiger partial charge < -0.3 is 14.6 Å². The lowest BCUT2D eigenvalue weighted by molar-refractivity contribution is 0.101. The maximum atomic E-state index is 12.3. The maximum absolute atomic E-state index is 12.3. The van der Waals surface area contributed by atoms with E-state index in [1.807, 2.05) is 0 Å². The van der Waals surface area contributed by atoms with Crippen LogP contribution in [0, 0.1) is 0 Å². The zero-order valence-electron chi connectivity index (χ0n) is 14.8. The van der Waals surface area contributed by atoms with Gasteiger partial charge in [-0.2, -0.15) is 0 Å². The zero-order valence-corrected chi connectivity index (χ0v) is 15.6. The lowest BCUT2D eigenvalue weighted by atomic mass is 10.1. The molecule has 1 N–H and O–H groups in total. The highest BCUT2D eigenvalue weighted by Crippen LogP contribution is 2.23. The Morgan fingerprint density at radius 2 is 1.78 bits per heavy atom. The van der Waals surface area contributed by atoms with E-state index in [0.29, 0.717) is 17.2 Å². The van der Waals surface area contributed by atoms with Crippen molar-refractivity contribution in [2.75, 3.05) is 18.2 Å². The molecular formula is C19H18N2O5S. The number of carbonyl (C=O) groups excluding carboxylic acids is 1. The minimum absolute atomic E-state index is 0.0196. The monoisotopic (exact) mass is 386 g/mol. The molecular weight excluding hydrogens is 368 g/mol. The summed E-state index contributed by atoms with van der Waals surface area (Å²) in [5.41, 5.74) is 1.34. The molecule has 1 amide bonds. The second kappa shape index (κ2) is 7.63. The molecule has 0 aliphatic heterocycles. The first-order valence-corrected chi connectivity index (χ1v) is 9.83. The van der Waals surface area contributed by atoms with E-state index >= 15 is 0 Å². The number of benzene rings is 2. The molecule has 0 aliphatic carbocycles. The molecule has 7 nitrogen and oxygen atoms in total. The zero-order chi connectivity index (χ0) is 19.4. The van der Waals surface area contributed by atoms with Crippen molar-refractivity contribution in [1.82, 2.24) is 5.16 Å². The van der Waals surface area contributed by atoms with Gasteiger partial charge in [0.2, 0.25) is 0 Å². The Labute approximate surface area is 156 Å². The number of methoxy groups -OCH3 is 1. The lowest BCUT2D eigenvalue weighted by Crippen LogP contribution is -2.12. The molecule has 3 aromatic rings. The van der Waals surface area contributed by atoms with Gasteiger partial charge in [-0.15, -0.1) is 0 Å². The van der Waals surface area contributed by atoms with Crippen molar-refractivity contribution in [1.29, 1.82) is 0 Å². The number of aromatic nitrogens is 1. The van der Waals surface area contributed by atoms with E-state index in [2.05, 4.69) is 10.5 Å². The fourth-order valence-corrected chi connectivity index (χ4v) is 3.27. The molecule has 0 spiro atoms. The summed E-state index contributed by atoms with van der Waals surface area (Å²) in [6.07, 6.45) is 0. The SMILES string of the molecule is CCS(=O)(=O)c1ccc(NC(=O)c2cc(-c3ccc(OC)cc3)on2)cc1. The van der Waals surface area contributed by atoms with Crippen molar-refractivity contribution in [3.63, 3.8) is 0 Å². The van der Waals surface area contributed by atoms with Gasteiger partial charge >= 0.3 is 0 Å². The van der Waals surface area contributed by atoms with E-state index in [9.17, 15) is 13.2 Å². The van der Waals surface area contributed by atoms with Gasteiger partial charge in [0, 0.05) is 17.3 Å². The summed E-state index contributed by atoms with van der Waals surface area (Å²) in [6, 6.07) is 14.7. The summed E-state index contributed by atoms with van der Waals surface area (Å²) in [5.74, 6) is 0.729. The third-order valence-electron chi connectivity index (χ3n) is 3.97. The molecule has 140 valence electrons. The van der Waals surface area contributed by atoms with Gasteiger partial charge in [0.05, 0.1) is 17.8 Å². The summed E-state index contributed by atoms with van der Waals surface area (Å²) >= 11 is 0. The molecule has 1 aromatic heterocycles. The Bertz CT molecular complexity index is 1040. The average Bonchev–Trinajstić information content (AvgIpc) is 3.19. The number of nitrogens with zero attached hydrogens (tertiary/aromatic N) is 1. The van der Waals surface area contributed by atoms with Crippen molar-refractivity contribution < 1.29 is 22.5 Å². The Kier molecular flexibility index (Phi) is 5.27. The first-order valence-electron chi connectivity index (χ1n) is 8.18. The molecule has 27 heavy (non-hydrogen) atoms. The van der Waals surface area contributed by atoms with Crippen molar-refractivity contribution in [3.8, 4) is 17.1 Å². The van der Waals surface area contributed by atoms with Crippen LogP contribution >= 0.6 is 0 Å². The quantitative estimate of drug-likeness (QED) is 0.697. The third kappa shape index (κ3) is 4.17. The van der Waals surface area contributed by atoms with Crippen LogP contribution in [0.15, 0.2) is 64.0 Å². The molecule has 2 aromatic carbocycles. The molecule has 0 fully saturated rings. The number of sulfone groups is 1. The largest absolute Gasteiger partial charge is 0.497 e. The summed E-state index contributed by atoms with van der Waals surface area (Å²) in [6.45, 7) is 1.58. The van der Waals surface area contributed by atoms with Crippen LogP contribution in [0.3, 0.4) is 0 Å². The fourth-order valence-electron chi connectivity index (χ4n) is 2.38. The minimum Gasteiger partial charge on any atom is -0.497 e. The molecule has 1 heterocycles. The standard InChI is InChI=1S/C19H18N2O5S/c1-3-27(23,24)16-10-6-14(7-11-16)20-19(22)17-12-18(26-21-17)13-4-8-15(25-2)9-5-13/h4-12H,3H2,1-2H3,(H,20,22). The van der Waals surface area contributed by atoms with Crippen molar-refractivity contribution in [3.05, 3.63) is 60.3 Å². The van der Waals surface area contributed by atoms with Crippen LogP contribution in [0.1, 0.15) is 17.4 Å². The Morgan fingerprint density at radius 1 is 1.11 bits per heavy atom. The molecule has 0 atom stereocenters. The van der Waals surface area contributed by atoms with Crippen LogP contribution in [0.2, 0.25) is 0 Å². The van der Waals surface area contributed by atoms with Gasteiger partial charge in [-0.25, -0.2) is 8.42 Å². The fraction of sp³-hybridized carbons (Fsp3) is 0.158. The predicted octanol–water partition coefficient (Wildman–Crippen LogP) is 3.40. The highest BCUT2D eigenvalue weighted by molar-refractivity contribution is 7.91. The van der Waals surface area contributed by atoms with Gasteiger partial charge in [0.25, 0.3) is 5.91 Å². The Balaban J connectivity index is 1.72. The molecule has 3 rings (SSSR count). The first-order chi connectivity index (χ1) is 12.9. The van der Waals surface area contributed by atoms with Gasteiger partial charge in [-0.1, -0.05) is 12.1 Å². The van der Waals surface area contributed by atoms with E-state index in [0.717, 1.165) is 5.56 Å². The van der Waals surface area contributed by atoms with Crippen LogP contribution < -0.4 is 10.1 Å². The lowest BCUT2D eigenvalue weighted by Gasteiger charge is -2.05. The number of nitrogens with one attached hydrogen (secondary N) is 1. The number of carbonyl (C=O) groups is 1. The third-order valence-corrected chi connectivity index (χ3v) is 5.72. The highest BCUT2D eigenvalue weighted by Gasteiger charge is 2.15. The average molecular weight is 386 g/mol. The maximum Gasteiger partial charge on any atom is 0.277 e. The van der Waals surface area contributed by atoms with E-state index in [-0.39, 0.29) is 16.3 Å². The van der Waals surface area contributed by atoms with Crippen LogP contribution in [-0.4, -0.2) is 32.3 Å². The van der Waals surface area contributed by atoms with Crippen molar-refractivity contribution >= 4 is 21.4 Å². The number of amides is 1. The van der Waals surface area contributed by atoms with Crippen LogP contribution in [0.4, 0.5) is 5.69 Å². The smallest absolute Gasteiger partial charge is 0.277 e. The molecule has 0 aliphatic rings. The molecule has 8 heteroatoms. The normalized spacial score (nSPS) is 11.2. The summed E-state index contributed by atoms with van der Waals surface area (Å²) in [4.78, 5) is 12.5. The number of ether oxygens (including phenoxy) is 1. The Hall–Kier alpha value is -3.13. The van der Waals surface area contributed by atoms with Gasteiger partial charge in [0.15, 0.2) is 21.3 Å². The van der Waals surface area contributed by atoms with Crippen molar-refractivity contribution in [2.45, 2.75) is 11.8 Å². The second-order valence-electron chi connectivity index (χ2n) is 5.69. The van der Waals surface area contributed by atoms with Crippen LogP contribution in [0.5, 0.6) is 5.75 Å². The van der Waals surface area contributed by atoms with Crippen LogP contribution in [-0.2, 0) is 9.84 Å². The number of rotatable bonds is 6. The highest BCUT2D eigenvalue weighted by atomic mass is 32.2. The molecule has 0 saturated heterocycles. The molecule has 0 radical (unpaired) electrons. The van der Waals surface area contributed by atoms with Gasteiger partial charge in [0.1, 0.15) is 5.75 Å². The molecule has 0 unspecified atom stereocenters. The number of hydrogen-bond donors (Lipinski definition) is 1. The van der Waals surface area contributed by atoms with E-state index in [1.54, 1.807) is 38.3 Å². The molecule has 0 bridgehead atoms. The summed E-state index contributed by atoms with van der Waals surface area (Å²) in [7, 11) is -1.70. The topological polar surface area (TPSA) is 98.5 Å². The second-order valence-corrected chi connectivity index (χ2v) is 7.97. The first kappa shape index (κ1) is 18.7. The van der Waals surface area contributed by atoms with Crippen LogP contribution in [0.25, 0.3) is 11.3 Å². The van der Waals surface area contributed by atoms with E-state index in [4.69, 9.17) is 9.26 Å². The summed E-state index contributed by atoms with van der Waals surface area (Å²) < 4.78 is 34.0. The summed E-state index contributed by atoms with van der Waals surface area (Å²) in [5, 5.41) is 6.45. The van der Waals surface area contributed by atoms with E-state index < -0.39 is 15.7 Å². The van der Waals surface area contributed by atoms with Gasteiger partial charge in [-0.3, -0.25) is 4.79 Å². The molecule has 0 saturated carbocycles.